The zero-order valence-corrected chi connectivity index (χ0v) is 16.1. The maximum absolute atomic E-state index is 6.20. The van der Waals surface area contributed by atoms with Crippen LogP contribution in [0.5, 0.6) is 5.75 Å². The summed E-state index contributed by atoms with van der Waals surface area (Å²) in [5, 5.41) is 1.05. The predicted octanol–water partition coefficient (Wildman–Crippen LogP) is 5.08. The lowest BCUT2D eigenvalue weighted by Crippen LogP contribution is -2.12. The number of aromatic nitrogens is 1. The highest BCUT2D eigenvalue weighted by atomic mass is 16.5. The van der Waals surface area contributed by atoms with Crippen molar-refractivity contribution in [2.45, 2.75) is 25.7 Å². The van der Waals surface area contributed by atoms with Crippen LogP contribution in [0, 0.1) is 6.92 Å². The van der Waals surface area contributed by atoms with E-state index in [-0.39, 0.29) is 5.92 Å². The van der Waals surface area contributed by atoms with Crippen molar-refractivity contribution in [1.82, 2.24) is 4.98 Å². The zero-order valence-electron chi connectivity index (χ0n) is 16.1. The summed E-state index contributed by atoms with van der Waals surface area (Å²) in [5.41, 5.74) is 11.4. The molecule has 2 aromatic carbocycles. The van der Waals surface area contributed by atoms with Gasteiger partial charge in [0.2, 0.25) is 0 Å². The number of nitrogen functional groups attached to an aromatic ring is 1. The van der Waals surface area contributed by atoms with Gasteiger partial charge in [0.15, 0.2) is 0 Å². The highest BCUT2D eigenvalue weighted by Crippen LogP contribution is 2.33. The Hall–Kier alpha value is -3.14. The minimum atomic E-state index is 0.283. The smallest absolute Gasteiger partial charge is 0.128 e. The van der Waals surface area contributed by atoms with E-state index in [1.165, 1.54) is 11.1 Å². The minimum Gasteiger partial charge on any atom is -0.493 e. The molecule has 4 rings (SSSR count). The van der Waals surface area contributed by atoms with Gasteiger partial charge in [-0.05, 0) is 67.8 Å². The van der Waals surface area contributed by atoms with E-state index in [2.05, 4.69) is 34.3 Å². The number of dihydropyridines is 1. The van der Waals surface area contributed by atoms with Gasteiger partial charge in [-0.2, -0.15) is 0 Å². The first kappa shape index (κ1) is 18.2. The van der Waals surface area contributed by atoms with Gasteiger partial charge in [0.1, 0.15) is 5.75 Å². The third-order valence-corrected chi connectivity index (χ3v) is 5.18. The number of hydrogen-bond donors (Lipinski definition) is 1. The van der Waals surface area contributed by atoms with Crippen LogP contribution >= 0.6 is 0 Å². The number of fused-ring (bicyclic) bond motifs is 1. The molecule has 2 N–H and O–H groups in total. The molecule has 4 nitrogen and oxygen atoms in total. The van der Waals surface area contributed by atoms with Gasteiger partial charge in [0.25, 0.3) is 0 Å². The number of aliphatic imine (C=N–C) groups is 1. The Morgan fingerprint density at radius 1 is 1.11 bits per heavy atom. The molecular formula is C24H25N3O. The molecule has 0 saturated heterocycles. The SMILES string of the molecule is Cc1ccc2c(OCCC(C3=CC=NCC3)c3cccc(N)c3)cccc2n1. The number of benzene rings is 2. The molecule has 0 aliphatic carbocycles. The van der Waals surface area contributed by atoms with Crippen molar-refractivity contribution in [1.29, 1.82) is 0 Å². The molecule has 1 aliphatic rings. The van der Waals surface area contributed by atoms with Gasteiger partial charge < -0.3 is 10.5 Å². The summed E-state index contributed by atoms with van der Waals surface area (Å²) in [6, 6.07) is 18.3. The number of rotatable bonds is 6. The summed E-state index contributed by atoms with van der Waals surface area (Å²) < 4.78 is 6.20. The van der Waals surface area contributed by atoms with Crippen LogP contribution in [0.1, 0.15) is 30.0 Å². The first-order chi connectivity index (χ1) is 13.7. The topological polar surface area (TPSA) is 60.5 Å². The normalized spacial score (nSPS) is 14.7. The fraction of sp³-hybridized carbons (Fsp3) is 0.250. The molecule has 1 aliphatic heterocycles. The van der Waals surface area contributed by atoms with Crippen molar-refractivity contribution in [3.63, 3.8) is 0 Å². The van der Waals surface area contributed by atoms with Gasteiger partial charge >= 0.3 is 0 Å². The molecule has 3 aromatic rings. The quantitative estimate of drug-likeness (QED) is 0.615. The molecule has 0 saturated carbocycles. The summed E-state index contributed by atoms with van der Waals surface area (Å²) >= 11 is 0. The Morgan fingerprint density at radius 3 is 2.82 bits per heavy atom. The summed E-state index contributed by atoms with van der Waals surface area (Å²) in [5.74, 6) is 1.17. The number of nitrogens with two attached hydrogens (primary N) is 1. The van der Waals surface area contributed by atoms with Crippen molar-refractivity contribution in [2.24, 2.45) is 4.99 Å². The summed E-state index contributed by atoms with van der Waals surface area (Å²) in [6.45, 7) is 3.48. The van der Waals surface area contributed by atoms with Crippen molar-refractivity contribution in [3.05, 3.63) is 77.5 Å². The third-order valence-electron chi connectivity index (χ3n) is 5.18. The molecule has 1 aromatic heterocycles. The Balaban J connectivity index is 1.54. The fourth-order valence-electron chi connectivity index (χ4n) is 3.77. The van der Waals surface area contributed by atoms with Crippen LogP contribution in [-0.2, 0) is 0 Å². The molecule has 142 valence electrons. The van der Waals surface area contributed by atoms with E-state index in [9.17, 15) is 0 Å². The average Bonchev–Trinajstić information content (AvgIpc) is 2.71. The lowest BCUT2D eigenvalue weighted by molar-refractivity contribution is 0.306. The largest absolute Gasteiger partial charge is 0.493 e. The predicted molar refractivity (Wildman–Crippen MR) is 116 cm³/mol. The number of pyridine rings is 1. The highest BCUT2D eigenvalue weighted by Gasteiger charge is 2.18. The second-order valence-corrected chi connectivity index (χ2v) is 7.18. The molecule has 4 heteroatoms. The molecule has 0 spiro atoms. The minimum absolute atomic E-state index is 0.283. The van der Waals surface area contributed by atoms with E-state index in [0.29, 0.717) is 6.61 Å². The number of anilines is 1. The maximum atomic E-state index is 6.20. The van der Waals surface area contributed by atoms with E-state index in [1.54, 1.807) is 0 Å². The molecule has 1 atom stereocenters. The first-order valence-corrected chi connectivity index (χ1v) is 9.74. The van der Waals surface area contributed by atoms with E-state index in [4.69, 9.17) is 10.5 Å². The monoisotopic (exact) mass is 371 g/mol. The van der Waals surface area contributed by atoms with Crippen LogP contribution in [0.4, 0.5) is 5.69 Å². The van der Waals surface area contributed by atoms with Crippen LogP contribution in [-0.4, -0.2) is 24.4 Å². The van der Waals surface area contributed by atoms with Crippen LogP contribution < -0.4 is 10.5 Å². The lowest BCUT2D eigenvalue weighted by atomic mass is 9.85. The van der Waals surface area contributed by atoms with Crippen molar-refractivity contribution in [2.75, 3.05) is 18.9 Å². The summed E-state index contributed by atoms with van der Waals surface area (Å²) in [7, 11) is 0. The molecular weight excluding hydrogens is 346 g/mol. The van der Waals surface area contributed by atoms with Gasteiger partial charge in [-0.3, -0.25) is 9.98 Å². The van der Waals surface area contributed by atoms with Crippen molar-refractivity contribution >= 4 is 22.8 Å². The standard InChI is InChI=1S/C24H25N3O/c1-17-8-9-22-23(27-17)6-3-7-24(22)28-15-12-21(18-10-13-26-14-11-18)19-4-2-5-20(25)16-19/h2-10,13,16,21H,11-12,14-15,25H2,1H3. The van der Waals surface area contributed by atoms with Crippen molar-refractivity contribution < 1.29 is 4.74 Å². The fourth-order valence-corrected chi connectivity index (χ4v) is 3.77. The highest BCUT2D eigenvalue weighted by molar-refractivity contribution is 5.85. The lowest BCUT2D eigenvalue weighted by Gasteiger charge is -2.23. The van der Waals surface area contributed by atoms with Gasteiger partial charge in [0, 0.05) is 35.4 Å². The molecule has 2 heterocycles. The van der Waals surface area contributed by atoms with Gasteiger partial charge in [-0.1, -0.05) is 23.8 Å². The van der Waals surface area contributed by atoms with Crippen LogP contribution in [0.15, 0.2) is 71.2 Å². The summed E-state index contributed by atoms with van der Waals surface area (Å²) in [4.78, 5) is 8.92. The second kappa shape index (κ2) is 8.26. The summed E-state index contributed by atoms with van der Waals surface area (Å²) in [6.07, 6.45) is 5.92. The van der Waals surface area contributed by atoms with E-state index >= 15 is 0 Å². The Morgan fingerprint density at radius 2 is 2.00 bits per heavy atom. The van der Waals surface area contributed by atoms with Crippen LogP contribution in [0.3, 0.4) is 0 Å². The zero-order chi connectivity index (χ0) is 19.3. The third kappa shape index (κ3) is 4.06. The molecule has 0 bridgehead atoms. The second-order valence-electron chi connectivity index (χ2n) is 7.18. The van der Waals surface area contributed by atoms with E-state index < -0.39 is 0 Å². The Labute approximate surface area is 165 Å². The molecule has 0 fully saturated rings. The number of nitrogens with zero attached hydrogens (tertiary/aromatic N) is 2. The van der Waals surface area contributed by atoms with Gasteiger partial charge in [-0.25, -0.2) is 0 Å². The molecule has 0 amide bonds. The number of allylic oxidation sites excluding steroid dienone is 1. The van der Waals surface area contributed by atoms with Crippen LogP contribution in [0.2, 0.25) is 0 Å². The Kier molecular flexibility index (Phi) is 5.38. The van der Waals surface area contributed by atoms with Crippen LogP contribution in [0.25, 0.3) is 10.9 Å². The Bertz CT molecular complexity index is 1040. The molecule has 1 unspecified atom stereocenters. The van der Waals surface area contributed by atoms with Crippen molar-refractivity contribution in [3.8, 4) is 5.75 Å². The number of ether oxygens (including phenoxy) is 1. The number of aryl methyl sites for hydroxylation is 1. The van der Waals surface area contributed by atoms with Gasteiger partial charge in [-0.15, -0.1) is 0 Å². The average molecular weight is 371 g/mol. The van der Waals surface area contributed by atoms with Gasteiger partial charge in [0.05, 0.1) is 12.1 Å². The maximum Gasteiger partial charge on any atom is 0.128 e. The number of hydrogen-bond acceptors (Lipinski definition) is 4. The molecule has 0 radical (unpaired) electrons. The molecule has 28 heavy (non-hydrogen) atoms. The first-order valence-electron chi connectivity index (χ1n) is 9.74. The van der Waals surface area contributed by atoms with E-state index in [0.717, 1.165) is 47.4 Å². The van der Waals surface area contributed by atoms with E-state index in [1.807, 2.05) is 49.5 Å².